The standard InChI is InChI=1S/C8H12N4O2/c13-8(14)7-2-1-3-12(7)11-5-9-4-10-6-11/h4-5,7H,1-3,6H2,(H,13,14)/t7-/m0/s1. The number of hydrogen-bond donors (Lipinski definition) is 1. The van der Waals surface area contributed by atoms with Crippen molar-refractivity contribution in [2.45, 2.75) is 18.9 Å². The lowest BCUT2D eigenvalue weighted by molar-refractivity contribution is -0.146. The molecule has 6 nitrogen and oxygen atoms in total. The molecule has 0 aliphatic carbocycles. The molecule has 0 aromatic rings. The SMILES string of the molecule is O=C(O)[C@@H]1CCCN1N1C=NC=NC1. The van der Waals surface area contributed by atoms with Crippen LogP contribution in [0.3, 0.4) is 0 Å². The van der Waals surface area contributed by atoms with Crippen LogP contribution in [-0.2, 0) is 4.79 Å². The minimum Gasteiger partial charge on any atom is -0.480 e. The van der Waals surface area contributed by atoms with Gasteiger partial charge in [-0.25, -0.2) is 10.0 Å². The maximum absolute atomic E-state index is 10.9. The molecule has 0 aromatic heterocycles. The highest BCUT2D eigenvalue weighted by Gasteiger charge is 2.33. The maximum Gasteiger partial charge on any atom is 0.322 e. The number of aliphatic carboxylic acids is 1. The van der Waals surface area contributed by atoms with E-state index in [1.54, 1.807) is 11.3 Å². The van der Waals surface area contributed by atoms with Crippen LogP contribution in [0.4, 0.5) is 0 Å². The van der Waals surface area contributed by atoms with E-state index in [9.17, 15) is 4.79 Å². The summed E-state index contributed by atoms with van der Waals surface area (Å²) in [7, 11) is 0. The quantitative estimate of drug-likeness (QED) is 0.663. The largest absolute Gasteiger partial charge is 0.480 e. The van der Waals surface area contributed by atoms with Gasteiger partial charge in [0.15, 0.2) is 0 Å². The molecule has 6 heteroatoms. The summed E-state index contributed by atoms with van der Waals surface area (Å²) in [5.74, 6) is -0.773. The number of aliphatic imine (C=N–C) groups is 2. The van der Waals surface area contributed by atoms with E-state index in [1.807, 2.05) is 5.01 Å². The molecule has 1 N–H and O–H groups in total. The van der Waals surface area contributed by atoms with Crippen molar-refractivity contribution in [1.29, 1.82) is 0 Å². The molecule has 0 amide bonds. The number of hydrazine groups is 1. The van der Waals surface area contributed by atoms with Crippen molar-refractivity contribution in [2.75, 3.05) is 13.2 Å². The first-order valence-electron chi connectivity index (χ1n) is 4.56. The average molecular weight is 196 g/mol. The average Bonchev–Trinajstić information content (AvgIpc) is 2.67. The van der Waals surface area contributed by atoms with Crippen molar-refractivity contribution in [3.63, 3.8) is 0 Å². The molecule has 0 bridgehead atoms. The van der Waals surface area contributed by atoms with Gasteiger partial charge in [0.25, 0.3) is 0 Å². The summed E-state index contributed by atoms with van der Waals surface area (Å²) in [5.41, 5.74) is 0. The molecule has 2 rings (SSSR count). The minimum atomic E-state index is -0.773. The monoisotopic (exact) mass is 196 g/mol. The van der Waals surface area contributed by atoms with Gasteiger partial charge >= 0.3 is 5.97 Å². The van der Waals surface area contributed by atoms with Crippen molar-refractivity contribution in [1.82, 2.24) is 10.0 Å². The van der Waals surface area contributed by atoms with Crippen LogP contribution in [0.5, 0.6) is 0 Å². The van der Waals surface area contributed by atoms with Crippen LogP contribution in [0.2, 0.25) is 0 Å². The molecular formula is C8H12N4O2. The van der Waals surface area contributed by atoms with Gasteiger partial charge in [-0.15, -0.1) is 0 Å². The van der Waals surface area contributed by atoms with Crippen molar-refractivity contribution in [3.05, 3.63) is 0 Å². The van der Waals surface area contributed by atoms with Gasteiger partial charge in [0, 0.05) is 6.54 Å². The number of carboxylic acids is 1. The Balaban J connectivity index is 2.05. The maximum atomic E-state index is 10.9. The van der Waals surface area contributed by atoms with E-state index in [4.69, 9.17) is 5.11 Å². The molecule has 1 atom stereocenters. The Bertz CT molecular complexity index is 289. The zero-order valence-electron chi connectivity index (χ0n) is 7.70. The van der Waals surface area contributed by atoms with Gasteiger partial charge in [0.2, 0.25) is 0 Å². The Labute approximate surface area is 81.5 Å². The molecule has 76 valence electrons. The van der Waals surface area contributed by atoms with Crippen molar-refractivity contribution >= 4 is 18.6 Å². The lowest BCUT2D eigenvalue weighted by Crippen LogP contribution is -2.48. The summed E-state index contributed by atoms with van der Waals surface area (Å²) >= 11 is 0. The highest BCUT2D eigenvalue weighted by molar-refractivity contribution is 5.75. The zero-order chi connectivity index (χ0) is 9.97. The molecule has 0 radical (unpaired) electrons. The van der Waals surface area contributed by atoms with Gasteiger partial charge in [-0.2, -0.15) is 0 Å². The van der Waals surface area contributed by atoms with Gasteiger partial charge < -0.3 is 5.11 Å². The summed E-state index contributed by atoms with van der Waals surface area (Å²) in [6.07, 6.45) is 4.70. The smallest absolute Gasteiger partial charge is 0.322 e. The Hall–Kier alpha value is -1.43. The Morgan fingerprint density at radius 3 is 3.07 bits per heavy atom. The molecule has 0 saturated carbocycles. The predicted octanol–water partition coefficient (Wildman–Crippen LogP) is -0.220. The van der Waals surface area contributed by atoms with E-state index in [-0.39, 0.29) is 0 Å². The van der Waals surface area contributed by atoms with Crippen LogP contribution in [0, 0.1) is 0 Å². The fourth-order valence-corrected chi connectivity index (χ4v) is 1.77. The van der Waals surface area contributed by atoms with E-state index in [1.165, 1.54) is 6.34 Å². The second kappa shape index (κ2) is 3.75. The number of hydrogen-bond acceptors (Lipinski definition) is 5. The molecule has 0 aromatic carbocycles. The topological polar surface area (TPSA) is 68.5 Å². The molecule has 2 aliphatic heterocycles. The highest BCUT2D eigenvalue weighted by atomic mass is 16.4. The fraction of sp³-hybridized carbons (Fsp3) is 0.625. The zero-order valence-corrected chi connectivity index (χ0v) is 7.70. The second-order valence-corrected chi connectivity index (χ2v) is 3.30. The van der Waals surface area contributed by atoms with Crippen LogP contribution in [-0.4, -0.2) is 53.0 Å². The summed E-state index contributed by atoms with van der Waals surface area (Å²) in [6.45, 7) is 1.23. The van der Waals surface area contributed by atoms with Crippen molar-refractivity contribution in [3.8, 4) is 0 Å². The third-order valence-electron chi connectivity index (χ3n) is 2.41. The van der Waals surface area contributed by atoms with E-state index in [0.29, 0.717) is 13.1 Å². The van der Waals surface area contributed by atoms with E-state index >= 15 is 0 Å². The van der Waals surface area contributed by atoms with Crippen molar-refractivity contribution in [2.24, 2.45) is 9.98 Å². The molecule has 2 heterocycles. The highest BCUT2D eigenvalue weighted by Crippen LogP contribution is 2.19. The first-order chi connectivity index (χ1) is 6.79. The van der Waals surface area contributed by atoms with E-state index in [2.05, 4.69) is 9.98 Å². The fourth-order valence-electron chi connectivity index (χ4n) is 1.77. The normalized spacial score (nSPS) is 27.1. The number of carboxylic acid groups (broad SMARTS) is 1. The molecule has 0 spiro atoms. The van der Waals surface area contributed by atoms with Gasteiger partial charge in [-0.1, -0.05) is 0 Å². The van der Waals surface area contributed by atoms with Gasteiger partial charge in [0.1, 0.15) is 25.4 Å². The summed E-state index contributed by atoms with van der Waals surface area (Å²) in [6, 6.07) is -0.422. The molecule has 14 heavy (non-hydrogen) atoms. The Morgan fingerprint density at radius 1 is 1.57 bits per heavy atom. The lowest BCUT2D eigenvalue weighted by atomic mass is 10.2. The van der Waals surface area contributed by atoms with Gasteiger partial charge in [-0.3, -0.25) is 14.8 Å². The number of carbonyl (C=O) groups is 1. The molecule has 0 unspecified atom stereocenters. The molecule has 1 saturated heterocycles. The third-order valence-corrected chi connectivity index (χ3v) is 2.41. The van der Waals surface area contributed by atoms with Crippen LogP contribution >= 0.6 is 0 Å². The van der Waals surface area contributed by atoms with E-state index in [0.717, 1.165) is 13.0 Å². The van der Waals surface area contributed by atoms with Crippen molar-refractivity contribution < 1.29 is 9.90 Å². The first-order valence-corrected chi connectivity index (χ1v) is 4.56. The van der Waals surface area contributed by atoms with Gasteiger partial charge in [0.05, 0.1) is 0 Å². The summed E-state index contributed by atoms with van der Waals surface area (Å²) in [4.78, 5) is 18.7. The van der Waals surface area contributed by atoms with E-state index < -0.39 is 12.0 Å². The third kappa shape index (κ3) is 1.60. The summed E-state index contributed by atoms with van der Waals surface area (Å²) < 4.78 is 0. The second-order valence-electron chi connectivity index (χ2n) is 3.30. The van der Waals surface area contributed by atoms with Crippen LogP contribution < -0.4 is 0 Å². The predicted molar refractivity (Wildman–Crippen MR) is 51.1 cm³/mol. The lowest BCUT2D eigenvalue weighted by Gasteiger charge is -2.32. The van der Waals surface area contributed by atoms with Crippen LogP contribution in [0.15, 0.2) is 9.98 Å². The number of nitrogens with zero attached hydrogens (tertiary/aromatic N) is 4. The Morgan fingerprint density at radius 2 is 2.43 bits per heavy atom. The number of rotatable bonds is 2. The molecule has 1 fully saturated rings. The van der Waals surface area contributed by atoms with Crippen LogP contribution in [0.25, 0.3) is 0 Å². The first kappa shape index (κ1) is 9.14. The van der Waals surface area contributed by atoms with Crippen LogP contribution in [0.1, 0.15) is 12.8 Å². The molecular weight excluding hydrogens is 184 g/mol. The molecule has 2 aliphatic rings. The van der Waals surface area contributed by atoms with Gasteiger partial charge in [-0.05, 0) is 12.8 Å². The Kier molecular flexibility index (Phi) is 2.45. The minimum absolute atomic E-state index is 0.422. The summed E-state index contributed by atoms with van der Waals surface area (Å²) in [5, 5.41) is 12.5.